The molecular formula is C19H19IN4O. The van der Waals surface area contributed by atoms with Crippen LogP contribution in [0.25, 0.3) is 11.3 Å². The Bertz CT molecular complexity index is 839. The van der Waals surface area contributed by atoms with Crippen LogP contribution in [0.2, 0.25) is 0 Å². The minimum Gasteiger partial charge on any atom is -0.442 e. The largest absolute Gasteiger partial charge is 0.442 e. The number of rotatable bonds is 6. The van der Waals surface area contributed by atoms with Gasteiger partial charge in [-0.3, -0.25) is 0 Å². The van der Waals surface area contributed by atoms with Gasteiger partial charge in [0, 0.05) is 12.1 Å². The third kappa shape index (κ3) is 4.96. The second kappa shape index (κ2) is 8.35. The molecule has 0 bridgehead atoms. The van der Waals surface area contributed by atoms with Crippen molar-refractivity contribution in [2.45, 2.75) is 13.1 Å². The summed E-state index contributed by atoms with van der Waals surface area (Å²) in [7, 11) is 4.13. The molecule has 0 N–H and O–H groups in total. The van der Waals surface area contributed by atoms with Crippen molar-refractivity contribution in [3.8, 4) is 11.3 Å². The summed E-state index contributed by atoms with van der Waals surface area (Å²) in [5.74, 6) is 0.780. The van der Waals surface area contributed by atoms with Crippen molar-refractivity contribution in [3.63, 3.8) is 0 Å². The molecule has 1 heterocycles. The lowest BCUT2D eigenvalue weighted by atomic mass is 10.1. The number of hydrogen-bond acceptors (Lipinski definition) is 5. The van der Waals surface area contributed by atoms with E-state index in [1.807, 2.05) is 24.3 Å². The van der Waals surface area contributed by atoms with Gasteiger partial charge in [-0.15, -0.1) is 0 Å². The molecule has 25 heavy (non-hydrogen) atoms. The SMILES string of the molecule is CN(C)Cc1ccc(CN=Nc2ccc(-c3ocnc3I)cc2)cc1. The van der Waals surface area contributed by atoms with Crippen LogP contribution in [0.3, 0.4) is 0 Å². The standard InChI is InChI=1S/C19H19IN4O/c1-24(2)12-15-5-3-14(4-6-15)11-22-23-17-9-7-16(8-10-17)18-19(20)21-13-25-18/h3-10,13H,11-12H2,1-2H3. The average Bonchev–Trinajstić information content (AvgIpc) is 3.03. The maximum Gasteiger partial charge on any atom is 0.182 e. The molecule has 2 aromatic carbocycles. The minimum absolute atomic E-state index is 0.573. The molecule has 1 aromatic heterocycles. The zero-order valence-corrected chi connectivity index (χ0v) is 16.3. The van der Waals surface area contributed by atoms with E-state index < -0.39 is 0 Å². The molecule has 0 saturated heterocycles. The van der Waals surface area contributed by atoms with Crippen LogP contribution in [0.1, 0.15) is 11.1 Å². The van der Waals surface area contributed by atoms with Crippen LogP contribution < -0.4 is 0 Å². The van der Waals surface area contributed by atoms with Crippen LogP contribution in [0, 0.1) is 3.70 Å². The second-order valence-corrected chi connectivity index (χ2v) is 6.99. The number of oxazole rings is 1. The van der Waals surface area contributed by atoms with Crippen molar-refractivity contribution in [1.29, 1.82) is 0 Å². The molecule has 0 aliphatic heterocycles. The number of benzene rings is 2. The third-order valence-corrected chi connectivity index (χ3v) is 4.38. The molecule has 0 aliphatic rings. The van der Waals surface area contributed by atoms with E-state index >= 15 is 0 Å². The Hall–Kier alpha value is -2.06. The lowest BCUT2D eigenvalue weighted by Crippen LogP contribution is -2.10. The van der Waals surface area contributed by atoms with Crippen molar-refractivity contribution in [3.05, 3.63) is 69.8 Å². The fourth-order valence-electron chi connectivity index (χ4n) is 2.41. The van der Waals surface area contributed by atoms with Gasteiger partial charge in [-0.1, -0.05) is 24.3 Å². The minimum atomic E-state index is 0.573. The topological polar surface area (TPSA) is 54.0 Å². The van der Waals surface area contributed by atoms with Crippen molar-refractivity contribution < 1.29 is 4.42 Å². The van der Waals surface area contributed by atoms with Crippen molar-refractivity contribution in [1.82, 2.24) is 9.88 Å². The number of nitrogens with zero attached hydrogens (tertiary/aromatic N) is 4. The quantitative estimate of drug-likeness (QED) is 0.382. The molecule has 0 spiro atoms. The van der Waals surface area contributed by atoms with Crippen LogP contribution in [-0.4, -0.2) is 24.0 Å². The number of halogens is 1. The normalized spacial score (nSPS) is 11.5. The van der Waals surface area contributed by atoms with Crippen LogP contribution in [0.15, 0.2) is 69.6 Å². The molecule has 3 rings (SSSR count). The van der Waals surface area contributed by atoms with Gasteiger partial charge in [0.05, 0.1) is 12.2 Å². The van der Waals surface area contributed by atoms with Crippen molar-refractivity contribution in [2.75, 3.05) is 14.1 Å². The maximum atomic E-state index is 5.39. The predicted octanol–water partition coefficient (Wildman–Crippen LogP) is 5.29. The van der Waals surface area contributed by atoms with Crippen LogP contribution in [0.4, 0.5) is 5.69 Å². The van der Waals surface area contributed by atoms with Gasteiger partial charge in [0.15, 0.2) is 12.2 Å². The number of aromatic nitrogens is 1. The Kier molecular flexibility index (Phi) is 5.93. The number of azo groups is 1. The molecule has 0 radical (unpaired) electrons. The summed E-state index contributed by atoms with van der Waals surface area (Å²) in [4.78, 5) is 6.25. The fraction of sp³-hybridized carbons (Fsp3) is 0.211. The first-order chi connectivity index (χ1) is 12.1. The lowest BCUT2D eigenvalue weighted by molar-refractivity contribution is 0.402. The van der Waals surface area contributed by atoms with Crippen LogP contribution in [-0.2, 0) is 13.1 Å². The van der Waals surface area contributed by atoms with E-state index in [1.165, 1.54) is 12.0 Å². The van der Waals surface area contributed by atoms with Gasteiger partial charge in [-0.2, -0.15) is 10.2 Å². The molecule has 128 valence electrons. The molecule has 0 unspecified atom stereocenters. The highest BCUT2D eigenvalue weighted by molar-refractivity contribution is 14.1. The highest BCUT2D eigenvalue weighted by atomic mass is 127. The molecular weight excluding hydrogens is 427 g/mol. The van der Waals surface area contributed by atoms with E-state index in [9.17, 15) is 0 Å². The monoisotopic (exact) mass is 446 g/mol. The second-order valence-electron chi connectivity index (χ2n) is 5.97. The van der Waals surface area contributed by atoms with Gasteiger partial charge < -0.3 is 9.32 Å². The summed E-state index contributed by atoms with van der Waals surface area (Å²) in [6.45, 7) is 1.52. The predicted molar refractivity (Wildman–Crippen MR) is 107 cm³/mol. The molecule has 0 atom stereocenters. The first-order valence-corrected chi connectivity index (χ1v) is 8.99. The van der Waals surface area contributed by atoms with Gasteiger partial charge >= 0.3 is 0 Å². The highest BCUT2D eigenvalue weighted by Crippen LogP contribution is 2.26. The summed E-state index contributed by atoms with van der Waals surface area (Å²) in [5.41, 5.74) is 4.25. The zero-order valence-electron chi connectivity index (χ0n) is 14.2. The Balaban J connectivity index is 1.60. The molecule has 6 heteroatoms. The van der Waals surface area contributed by atoms with Crippen molar-refractivity contribution in [2.24, 2.45) is 10.2 Å². The van der Waals surface area contributed by atoms with Crippen molar-refractivity contribution >= 4 is 28.3 Å². The third-order valence-electron chi connectivity index (χ3n) is 3.61. The Morgan fingerprint density at radius 2 is 1.68 bits per heavy atom. The van der Waals surface area contributed by atoms with E-state index in [1.54, 1.807) is 0 Å². The first kappa shape index (κ1) is 17.8. The molecule has 0 fully saturated rings. The van der Waals surface area contributed by atoms with E-state index in [-0.39, 0.29) is 0 Å². The summed E-state index contributed by atoms with van der Waals surface area (Å²) in [5, 5.41) is 8.58. The Morgan fingerprint density at radius 3 is 2.28 bits per heavy atom. The maximum absolute atomic E-state index is 5.39. The molecule has 0 aliphatic carbocycles. The van der Waals surface area contributed by atoms with Gasteiger partial charge in [0.2, 0.25) is 0 Å². The zero-order chi connectivity index (χ0) is 17.6. The molecule has 0 amide bonds. The van der Waals surface area contributed by atoms with E-state index in [0.29, 0.717) is 6.54 Å². The Labute approximate surface area is 160 Å². The van der Waals surface area contributed by atoms with Gasteiger partial charge in [-0.05, 0) is 72.1 Å². The van der Waals surface area contributed by atoms with E-state index in [0.717, 1.165) is 32.8 Å². The van der Waals surface area contributed by atoms with E-state index in [4.69, 9.17) is 4.42 Å². The average molecular weight is 446 g/mol. The highest BCUT2D eigenvalue weighted by Gasteiger charge is 2.07. The van der Waals surface area contributed by atoms with Gasteiger partial charge in [0.25, 0.3) is 0 Å². The Morgan fingerprint density at radius 1 is 1.00 bits per heavy atom. The van der Waals surface area contributed by atoms with Crippen LogP contribution in [0.5, 0.6) is 0 Å². The summed E-state index contributed by atoms with van der Waals surface area (Å²) in [6.07, 6.45) is 1.45. The van der Waals surface area contributed by atoms with E-state index in [2.05, 4.69) is 81.1 Å². The molecule has 5 nitrogen and oxygen atoms in total. The molecule has 0 saturated carbocycles. The first-order valence-electron chi connectivity index (χ1n) is 7.91. The molecule has 3 aromatic rings. The summed E-state index contributed by atoms with van der Waals surface area (Å²) >= 11 is 2.16. The lowest BCUT2D eigenvalue weighted by Gasteiger charge is -2.09. The van der Waals surface area contributed by atoms with Crippen LogP contribution >= 0.6 is 22.6 Å². The van der Waals surface area contributed by atoms with Gasteiger partial charge in [-0.25, -0.2) is 4.98 Å². The van der Waals surface area contributed by atoms with Gasteiger partial charge in [0.1, 0.15) is 3.70 Å². The fourth-order valence-corrected chi connectivity index (χ4v) is 2.97. The summed E-state index contributed by atoms with van der Waals surface area (Å²) in [6, 6.07) is 16.3. The smallest absolute Gasteiger partial charge is 0.182 e. The number of hydrogen-bond donors (Lipinski definition) is 0. The summed E-state index contributed by atoms with van der Waals surface area (Å²) < 4.78 is 6.24.